The van der Waals surface area contributed by atoms with Gasteiger partial charge in [-0.2, -0.15) is 0 Å². The number of nitrogens with zero attached hydrogens (tertiary/aromatic N) is 3. The molecule has 2 heterocycles. The third-order valence-corrected chi connectivity index (χ3v) is 5.60. The van der Waals surface area contributed by atoms with Gasteiger partial charge < -0.3 is 10.1 Å². The summed E-state index contributed by atoms with van der Waals surface area (Å²) in [6, 6.07) is 7.92. The van der Waals surface area contributed by atoms with Crippen molar-refractivity contribution in [3.63, 3.8) is 0 Å². The van der Waals surface area contributed by atoms with Crippen molar-refractivity contribution in [3.05, 3.63) is 45.9 Å². The van der Waals surface area contributed by atoms with Gasteiger partial charge in [0.25, 0.3) is 0 Å². The molecule has 1 aliphatic rings. The van der Waals surface area contributed by atoms with E-state index >= 15 is 0 Å². The van der Waals surface area contributed by atoms with E-state index in [0.717, 1.165) is 37.7 Å². The van der Waals surface area contributed by atoms with Gasteiger partial charge in [-0.25, -0.2) is 4.98 Å². The van der Waals surface area contributed by atoms with Crippen LogP contribution in [0.1, 0.15) is 18.2 Å². The molecule has 0 bridgehead atoms. The molecule has 1 aromatic heterocycles. The summed E-state index contributed by atoms with van der Waals surface area (Å²) in [5.74, 6) is -0.406. The van der Waals surface area contributed by atoms with E-state index in [1.807, 2.05) is 18.2 Å². The highest BCUT2D eigenvalue weighted by molar-refractivity contribution is 7.13. The zero-order valence-corrected chi connectivity index (χ0v) is 18.0. The first-order chi connectivity index (χ1) is 14.0. The van der Waals surface area contributed by atoms with Crippen molar-refractivity contribution >= 4 is 39.9 Å². The van der Waals surface area contributed by atoms with Crippen LogP contribution in [0.4, 0.5) is 5.13 Å². The van der Waals surface area contributed by atoms with E-state index in [2.05, 4.69) is 26.2 Å². The van der Waals surface area contributed by atoms with Gasteiger partial charge >= 0.3 is 5.97 Å². The Morgan fingerprint density at radius 1 is 1.24 bits per heavy atom. The first kappa shape index (κ1) is 21.7. The molecule has 0 spiro atoms. The van der Waals surface area contributed by atoms with Crippen LogP contribution >= 0.6 is 22.9 Å². The first-order valence-electron chi connectivity index (χ1n) is 9.61. The SMILES string of the molecule is CCOC(=O)Cc1csc(NC(=O)CN2CCN(Cc3cccc(Cl)c3)CC2)n1. The molecule has 7 nitrogen and oxygen atoms in total. The maximum atomic E-state index is 12.3. The molecule has 1 saturated heterocycles. The number of piperazine rings is 1. The maximum absolute atomic E-state index is 12.3. The van der Waals surface area contributed by atoms with Crippen LogP contribution in [-0.4, -0.2) is 66.0 Å². The lowest BCUT2D eigenvalue weighted by molar-refractivity contribution is -0.142. The first-order valence-corrected chi connectivity index (χ1v) is 10.9. The highest BCUT2D eigenvalue weighted by atomic mass is 35.5. The van der Waals surface area contributed by atoms with Crippen molar-refractivity contribution in [1.82, 2.24) is 14.8 Å². The van der Waals surface area contributed by atoms with Crippen LogP contribution in [0.25, 0.3) is 0 Å². The summed E-state index contributed by atoms with van der Waals surface area (Å²) in [7, 11) is 0. The summed E-state index contributed by atoms with van der Waals surface area (Å²) < 4.78 is 4.91. The molecule has 1 N–H and O–H groups in total. The molecule has 1 aromatic carbocycles. The smallest absolute Gasteiger partial charge is 0.311 e. The second-order valence-corrected chi connectivity index (χ2v) is 8.15. The van der Waals surface area contributed by atoms with E-state index in [9.17, 15) is 9.59 Å². The van der Waals surface area contributed by atoms with Crippen molar-refractivity contribution in [2.75, 3.05) is 44.6 Å². The number of aromatic nitrogens is 1. The predicted octanol–water partition coefficient (Wildman–Crippen LogP) is 2.66. The maximum Gasteiger partial charge on any atom is 0.311 e. The topological polar surface area (TPSA) is 74.8 Å². The Hall–Kier alpha value is -2.00. The van der Waals surface area contributed by atoms with E-state index < -0.39 is 0 Å². The molecule has 29 heavy (non-hydrogen) atoms. The number of rotatable bonds is 8. The van der Waals surface area contributed by atoms with Gasteiger partial charge in [0.05, 0.1) is 25.3 Å². The number of halogens is 1. The predicted molar refractivity (Wildman–Crippen MR) is 114 cm³/mol. The summed E-state index contributed by atoms with van der Waals surface area (Å²) in [5, 5.41) is 5.85. The fourth-order valence-electron chi connectivity index (χ4n) is 3.17. The van der Waals surface area contributed by atoms with Crippen LogP contribution in [-0.2, 0) is 27.3 Å². The Kier molecular flexibility index (Phi) is 8.00. The summed E-state index contributed by atoms with van der Waals surface area (Å²) >= 11 is 7.37. The number of carbonyl (C=O) groups is 2. The van der Waals surface area contributed by atoms with Gasteiger partial charge in [-0.1, -0.05) is 23.7 Å². The zero-order valence-electron chi connectivity index (χ0n) is 16.4. The van der Waals surface area contributed by atoms with Gasteiger partial charge in [-0.15, -0.1) is 11.3 Å². The monoisotopic (exact) mass is 436 g/mol. The van der Waals surface area contributed by atoms with Crippen molar-refractivity contribution < 1.29 is 14.3 Å². The van der Waals surface area contributed by atoms with Crippen LogP contribution in [0.3, 0.4) is 0 Å². The number of esters is 1. The van der Waals surface area contributed by atoms with Crippen molar-refractivity contribution in [2.45, 2.75) is 19.9 Å². The molecule has 1 amide bonds. The normalized spacial score (nSPS) is 15.2. The molecule has 0 saturated carbocycles. The van der Waals surface area contributed by atoms with Gasteiger partial charge in [0.15, 0.2) is 5.13 Å². The molecule has 0 radical (unpaired) electrons. The number of ether oxygens (including phenoxy) is 1. The fourth-order valence-corrected chi connectivity index (χ4v) is 4.11. The minimum Gasteiger partial charge on any atom is -0.466 e. The largest absolute Gasteiger partial charge is 0.466 e. The average molecular weight is 437 g/mol. The van der Waals surface area contributed by atoms with E-state index in [0.29, 0.717) is 24.0 Å². The summed E-state index contributed by atoms with van der Waals surface area (Å²) in [6.07, 6.45) is 0.120. The molecule has 0 aliphatic carbocycles. The number of nitrogens with one attached hydrogen (secondary N) is 1. The van der Waals surface area contributed by atoms with Crippen LogP contribution in [0.2, 0.25) is 5.02 Å². The highest BCUT2D eigenvalue weighted by Gasteiger charge is 2.20. The quantitative estimate of drug-likeness (QED) is 0.641. The minimum absolute atomic E-state index is 0.0923. The van der Waals surface area contributed by atoms with Crippen LogP contribution in [0.5, 0.6) is 0 Å². The lowest BCUT2D eigenvalue weighted by Crippen LogP contribution is -2.48. The number of hydrogen-bond acceptors (Lipinski definition) is 7. The molecule has 1 aliphatic heterocycles. The van der Waals surface area contributed by atoms with Gasteiger partial charge in [0, 0.05) is 43.1 Å². The Labute approximate surface area is 179 Å². The second kappa shape index (κ2) is 10.7. The number of carbonyl (C=O) groups excluding carboxylic acids is 2. The molecular formula is C20H25ClN4O3S. The van der Waals surface area contributed by atoms with Gasteiger partial charge in [0.1, 0.15) is 0 Å². The van der Waals surface area contributed by atoms with Crippen molar-refractivity contribution in [2.24, 2.45) is 0 Å². The standard InChI is InChI=1S/C20H25ClN4O3S/c1-2-28-19(27)11-17-14-29-20(22-17)23-18(26)13-25-8-6-24(7-9-25)12-15-4-3-5-16(21)10-15/h3-5,10,14H,2,6-9,11-13H2,1H3,(H,22,23,26). The van der Waals surface area contributed by atoms with Gasteiger partial charge in [-0.3, -0.25) is 19.4 Å². The number of benzene rings is 1. The molecule has 0 atom stereocenters. The minimum atomic E-state index is -0.314. The Balaban J connectivity index is 1.39. The Morgan fingerprint density at radius 2 is 2.00 bits per heavy atom. The lowest BCUT2D eigenvalue weighted by Gasteiger charge is -2.34. The van der Waals surface area contributed by atoms with Crippen molar-refractivity contribution in [3.8, 4) is 0 Å². The Bertz CT molecular complexity index is 837. The van der Waals surface area contributed by atoms with Crippen LogP contribution in [0.15, 0.2) is 29.6 Å². The van der Waals surface area contributed by atoms with Gasteiger partial charge in [0.2, 0.25) is 5.91 Å². The van der Waals surface area contributed by atoms with E-state index in [-0.39, 0.29) is 18.3 Å². The van der Waals surface area contributed by atoms with E-state index in [4.69, 9.17) is 16.3 Å². The molecular weight excluding hydrogens is 412 g/mol. The number of anilines is 1. The fraction of sp³-hybridized carbons (Fsp3) is 0.450. The average Bonchev–Trinajstić information content (AvgIpc) is 3.10. The van der Waals surface area contributed by atoms with Gasteiger partial charge in [-0.05, 0) is 24.6 Å². The number of thiazole rings is 1. The summed E-state index contributed by atoms with van der Waals surface area (Å²) in [6.45, 7) is 6.78. The van der Waals surface area contributed by atoms with Crippen LogP contribution < -0.4 is 5.32 Å². The zero-order chi connectivity index (χ0) is 20.6. The number of amides is 1. The third kappa shape index (κ3) is 7.08. The molecule has 3 rings (SSSR count). The highest BCUT2D eigenvalue weighted by Crippen LogP contribution is 2.17. The van der Waals surface area contributed by atoms with Crippen LogP contribution in [0, 0.1) is 0 Å². The summed E-state index contributed by atoms with van der Waals surface area (Å²) in [4.78, 5) is 32.6. The van der Waals surface area contributed by atoms with E-state index in [1.54, 1.807) is 12.3 Å². The molecule has 9 heteroatoms. The molecule has 2 aromatic rings. The Morgan fingerprint density at radius 3 is 2.72 bits per heavy atom. The molecule has 156 valence electrons. The molecule has 0 unspecified atom stereocenters. The molecule has 1 fully saturated rings. The van der Waals surface area contributed by atoms with E-state index in [1.165, 1.54) is 16.9 Å². The number of hydrogen-bond donors (Lipinski definition) is 1. The lowest BCUT2D eigenvalue weighted by atomic mass is 10.2. The van der Waals surface area contributed by atoms with Crippen molar-refractivity contribution in [1.29, 1.82) is 0 Å². The third-order valence-electron chi connectivity index (χ3n) is 4.56. The summed E-state index contributed by atoms with van der Waals surface area (Å²) in [5.41, 5.74) is 1.81. The second-order valence-electron chi connectivity index (χ2n) is 6.86.